The second kappa shape index (κ2) is 7.65. The first-order valence-electron chi connectivity index (χ1n) is 7.65. The van der Waals surface area contributed by atoms with Gasteiger partial charge < -0.3 is 9.73 Å². The number of halogens is 1. The van der Waals surface area contributed by atoms with E-state index in [4.69, 9.17) is 4.42 Å². The van der Waals surface area contributed by atoms with E-state index in [1.807, 2.05) is 36.4 Å². The van der Waals surface area contributed by atoms with Gasteiger partial charge in [0, 0.05) is 18.5 Å². The monoisotopic (exact) mass is 311 g/mol. The molecule has 1 N–H and O–H groups in total. The molecule has 0 bridgehead atoms. The maximum Gasteiger partial charge on any atom is 0.247 e. The number of hydrogen-bond acceptors (Lipinski definition) is 4. The summed E-state index contributed by atoms with van der Waals surface area (Å²) in [4.78, 5) is 0. The van der Waals surface area contributed by atoms with Crippen LogP contribution in [-0.4, -0.2) is 23.3 Å². The summed E-state index contributed by atoms with van der Waals surface area (Å²) in [6, 6.07) is 16.5. The Hall–Kier alpha value is -2.53. The second-order valence-electron chi connectivity index (χ2n) is 5.21. The first kappa shape index (κ1) is 15.4. The van der Waals surface area contributed by atoms with E-state index < -0.39 is 0 Å². The Labute approximate surface area is 134 Å². The van der Waals surface area contributed by atoms with Crippen molar-refractivity contribution in [1.82, 2.24) is 15.5 Å². The molecule has 3 rings (SSSR count). The smallest absolute Gasteiger partial charge is 0.247 e. The largest absolute Gasteiger partial charge is 0.421 e. The van der Waals surface area contributed by atoms with Gasteiger partial charge in [-0.3, -0.25) is 0 Å². The average molecular weight is 311 g/mol. The predicted molar refractivity (Wildman–Crippen MR) is 86.4 cm³/mol. The van der Waals surface area contributed by atoms with Gasteiger partial charge in [0.25, 0.3) is 0 Å². The van der Waals surface area contributed by atoms with E-state index in [0.717, 1.165) is 11.1 Å². The van der Waals surface area contributed by atoms with Crippen molar-refractivity contribution in [2.45, 2.75) is 12.8 Å². The van der Waals surface area contributed by atoms with Gasteiger partial charge in [-0.2, -0.15) is 0 Å². The lowest BCUT2D eigenvalue weighted by Gasteiger charge is -2.04. The Bertz CT molecular complexity index is 743. The molecule has 23 heavy (non-hydrogen) atoms. The van der Waals surface area contributed by atoms with Crippen molar-refractivity contribution in [3.63, 3.8) is 0 Å². The van der Waals surface area contributed by atoms with Gasteiger partial charge in [-0.1, -0.05) is 36.4 Å². The minimum absolute atomic E-state index is 0.154. The molecule has 4 nitrogen and oxygen atoms in total. The summed E-state index contributed by atoms with van der Waals surface area (Å²) in [5, 5.41) is 11.4. The third-order valence-corrected chi connectivity index (χ3v) is 3.53. The van der Waals surface area contributed by atoms with Crippen molar-refractivity contribution in [1.29, 1.82) is 0 Å². The summed E-state index contributed by atoms with van der Waals surface area (Å²) in [6.45, 7) is 1.42. The van der Waals surface area contributed by atoms with Crippen LogP contribution in [-0.2, 0) is 12.8 Å². The summed E-state index contributed by atoms with van der Waals surface area (Å²) in [5.74, 6) is 0.980. The summed E-state index contributed by atoms with van der Waals surface area (Å²) in [7, 11) is 0. The molecule has 0 aliphatic carbocycles. The molecule has 1 heterocycles. The molecule has 0 unspecified atom stereocenters. The fraction of sp³-hybridized carbons (Fsp3) is 0.222. The number of nitrogens with one attached hydrogen (secondary N) is 1. The molecule has 0 aliphatic rings. The van der Waals surface area contributed by atoms with Crippen molar-refractivity contribution in [3.8, 4) is 11.5 Å². The number of hydrogen-bond donors (Lipinski definition) is 1. The van der Waals surface area contributed by atoms with Crippen molar-refractivity contribution < 1.29 is 8.81 Å². The molecule has 0 saturated carbocycles. The standard InChI is InChI=1S/C18H18FN3O/c19-16-9-5-4-6-14(16)10-12-20-13-11-17-21-22-18(23-17)15-7-2-1-3-8-15/h1-9,20H,10-13H2. The van der Waals surface area contributed by atoms with Crippen molar-refractivity contribution in [2.24, 2.45) is 0 Å². The summed E-state index contributed by atoms with van der Waals surface area (Å²) in [6.07, 6.45) is 1.31. The zero-order valence-corrected chi connectivity index (χ0v) is 12.7. The van der Waals surface area contributed by atoms with Gasteiger partial charge in [0.05, 0.1) is 0 Å². The predicted octanol–water partition coefficient (Wildman–Crippen LogP) is 3.25. The Morgan fingerprint density at radius 2 is 1.61 bits per heavy atom. The topological polar surface area (TPSA) is 51.0 Å². The SMILES string of the molecule is Fc1ccccc1CCNCCc1nnc(-c2ccccc2)o1. The quantitative estimate of drug-likeness (QED) is 0.681. The van der Waals surface area contributed by atoms with E-state index >= 15 is 0 Å². The average Bonchev–Trinajstić information content (AvgIpc) is 3.06. The molecule has 5 heteroatoms. The van der Waals surface area contributed by atoms with Crippen molar-refractivity contribution in [3.05, 3.63) is 71.9 Å². The fourth-order valence-corrected chi connectivity index (χ4v) is 2.30. The number of benzene rings is 2. The molecule has 3 aromatic rings. The summed E-state index contributed by atoms with van der Waals surface area (Å²) < 4.78 is 19.1. The van der Waals surface area contributed by atoms with Crippen LogP contribution in [0.4, 0.5) is 4.39 Å². The minimum Gasteiger partial charge on any atom is -0.421 e. The van der Waals surface area contributed by atoms with Crippen LogP contribution in [0.1, 0.15) is 11.5 Å². The Morgan fingerprint density at radius 3 is 2.43 bits per heavy atom. The molecule has 118 valence electrons. The van der Waals surface area contributed by atoms with Crippen molar-refractivity contribution >= 4 is 0 Å². The van der Waals surface area contributed by atoms with Crippen LogP contribution in [0, 0.1) is 5.82 Å². The summed E-state index contributed by atoms with van der Waals surface area (Å²) in [5.41, 5.74) is 1.64. The molecule has 0 aliphatic heterocycles. The zero-order chi connectivity index (χ0) is 15.9. The lowest BCUT2D eigenvalue weighted by Crippen LogP contribution is -2.20. The first-order valence-corrected chi connectivity index (χ1v) is 7.65. The highest BCUT2D eigenvalue weighted by molar-refractivity contribution is 5.51. The van der Waals surface area contributed by atoms with Crippen LogP contribution in [0.2, 0.25) is 0 Å². The van der Waals surface area contributed by atoms with E-state index in [9.17, 15) is 4.39 Å². The molecule has 1 aromatic heterocycles. The van der Waals surface area contributed by atoms with Crippen LogP contribution in [0.15, 0.2) is 59.0 Å². The maximum absolute atomic E-state index is 13.5. The van der Waals surface area contributed by atoms with Crippen molar-refractivity contribution in [2.75, 3.05) is 13.1 Å². The van der Waals surface area contributed by atoms with Crippen LogP contribution < -0.4 is 5.32 Å². The Kier molecular flexibility index (Phi) is 5.11. The van der Waals surface area contributed by atoms with Gasteiger partial charge in [-0.25, -0.2) is 4.39 Å². The van der Waals surface area contributed by atoms with Gasteiger partial charge in [0.15, 0.2) is 0 Å². The fourth-order valence-electron chi connectivity index (χ4n) is 2.30. The molecule has 0 fully saturated rings. The molecule has 0 spiro atoms. The zero-order valence-electron chi connectivity index (χ0n) is 12.7. The van der Waals surface area contributed by atoms with Gasteiger partial charge >= 0.3 is 0 Å². The third kappa shape index (κ3) is 4.23. The maximum atomic E-state index is 13.5. The van der Waals surface area contributed by atoms with E-state index in [2.05, 4.69) is 15.5 Å². The first-order chi connectivity index (χ1) is 11.3. The van der Waals surface area contributed by atoms with E-state index in [1.165, 1.54) is 6.07 Å². The lowest BCUT2D eigenvalue weighted by molar-refractivity contribution is 0.494. The summed E-state index contributed by atoms with van der Waals surface area (Å²) >= 11 is 0. The Morgan fingerprint density at radius 1 is 0.870 bits per heavy atom. The van der Waals surface area contributed by atoms with Crippen LogP contribution in [0.3, 0.4) is 0 Å². The third-order valence-electron chi connectivity index (χ3n) is 3.53. The second-order valence-corrected chi connectivity index (χ2v) is 5.21. The molecular weight excluding hydrogens is 293 g/mol. The molecule has 0 saturated heterocycles. The van der Waals surface area contributed by atoms with E-state index in [-0.39, 0.29) is 5.82 Å². The highest BCUT2D eigenvalue weighted by atomic mass is 19.1. The normalized spacial score (nSPS) is 10.8. The number of nitrogens with zero attached hydrogens (tertiary/aromatic N) is 2. The lowest BCUT2D eigenvalue weighted by atomic mass is 10.1. The minimum atomic E-state index is -0.154. The Balaban J connectivity index is 1.43. The molecular formula is C18H18FN3O. The van der Waals surface area contributed by atoms with E-state index in [1.54, 1.807) is 12.1 Å². The highest BCUT2D eigenvalue weighted by Gasteiger charge is 2.07. The highest BCUT2D eigenvalue weighted by Crippen LogP contribution is 2.16. The molecule has 0 atom stereocenters. The van der Waals surface area contributed by atoms with Crippen LogP contribution >= 0.6 is 0 Å². The molecule has 0 amide bonds. The van der Waals surface area contributed by atoms with Crippen LogP contribution in [0.25, 0.3) is 11.5 Å². The van der Waals surface area contributed by atoms with Gasteiger partial charge in [-0.15, -0.1) is 10.2 Å². The number of rotatable bonds is 7. The molecule has 0 radical (unpaired) electrons. The van der Waals surface area contributed by atoms with Gasteiger partial charge in [0.1, 0.15) is 5.82 Å². The van der Waals surface area contributed by atoms with Crippen LogP contribution in [0.5, 0.6) is 0 Å². The van der Waals surface area contributed by atoms with Gasteiger partial charge in [-0.05, 0) is 36.7 Å². The van der Waals surface area contributed by atoms with E-state index in [0.29, 0.717) is 37.7 Å². The van der Waals surface area contributed by atoms with Gasteiger partial charge in [0.2, 0.25) is 11.8 Å². The molecule has 2 aromatic carbocycles. The number of aromatic nitrogens is 2.